The molecule has 4 nitrogen and oxygen atoms in total. The van der Waals surface area contributed by atoms with Crippen LogP contribution in [0.3, 0.4) is 0 Å². The molecule has 2 unspecified atom stereocenters. The summed E-state index contributed by atoms with van der Waals surface area (Å²) in [4.78, 5) is 6.48. The highest BCUT2D eigenvalue weighted by molar-refractivity contribution is 5.80. The molecule has 0 saturated heterocycles. The van der Waals surface area contributed by atoms with Gasteiger partial charge in [0.1, 0.15) is 5.75 Å². The summed E-state index contributed by atoms with van der Waals surface area (Å²) in [6, 6.07) is 8.74. The average Bonchev–Trinajstić information content (AvgIpc) is 3.12. The number of ether oxygens (including phenoxy) is 1. The highest BCUT2D eigenvalue weighted by Gasteiger charge is 2.33. The molecule has 1 aliphatic rings. The van der Waals surface area contributed by atoms with E-state index in [1.54, 1.807) is 7.11 Å². The molecule has 1 aromatic rings. The number of nitrogens with zero attached hydrogens (tertiary/aromatic N) is 2. The Morgan fingerprint density at radius 2 is 2.05 bits per heavy atom. The minimum absolute atomic E-state index is 0.594. The van der Waals surface area contributed by atoms with E-state index in [2.05, 4.69) is 41.3 Å². The maximum Gasteiger partial charge on any atom is 0.193 e. The smallest absolute Gasteiger partial charge is 0.193 e. The summed E-state index contributed by atoms with van der Waals surface area (Å²) < 4.78 is 5.17. The molecule has 0 spiro atoms. The third-order valence-corrected chi connectivity index (χ3v) is 3.58. The lowest BCUT2D eigenvalue weighted by molar-refractivity contribution is 0.414. The molecule has 1 fully saturated rings. The summed E-state index contributed by atoms with van der Waals surface area (Å²) in [5, 5.41) is 3.48. The zero-order valence-corrected chi connectivity index (χ0v) is 12.2. The maximum absolute atomic E-state index is 5.17. The molecule has 1 aromatic carbocycles. The van der Waals surface area contributed by atoms with Crippen LogP contribution in [0.2, 0.25) is 0 Å². The molecule has 104 valence electrons. The number of methoxy groups -OCH3 is 1. The van der Waals surface area contributed by atoms with Crippen LogP contribution in [0.25, 0.3) is 0 Å². The van der Waals surface area contributed by atoms with E-state index in [4.69, 9.17) is 4.74 Å². The topological polar surface area (TPSA) is 36.9 Å². The highest BCUT2D eigenvalue weighted by atomic mass is 16.5. The molecule has 19 heavy (non-hydrogen) atoms. The van der Waals surface area contributed by atoms with Gasteiger partial charge in [-0.2, -0.15) is 0 Å². The van der Waals surface area contributed by atoms with Gasteiger partial charge in [0.2, 0.25) is 0 Å². The summed E-state index contributed by atoms with van der Waals surface area (Å²) in [6.45, 7) is 3.10. The molecule has 0 radical (unpaired) electrons. The number of hydrogen-bond acceptors (Lipinski definition) is 2. The molecule has 0 heterocycles. The van der Waals surface area contributed by atoms with Crippen LogP contribution in [0.5, 0.6) is 5.75 Å². The largest absolute Gasteiger partial charge is 0.497 e. The average molecular weight is 261 g/mol. The second-order valence-corrected chi connectivity index (χ2v) is 5.22. The third-order valence-electron chi connectivity index (χ3n) is 3.58. The Balaban J connectivity index is 1.92. The molecular formula is C15H23N3O. The lowest BCUT2D eigenvalue weighted by Crippen LogP contribution is -2.40. The first-order chi connectivity index (χ1) is 9.13. The van der Waals surface area contributed by atoms with Crippen LogP contribution in [-0.4, -0.2) is 38.1 Å². The van der Waals surface area contributed by atoms with E-state index in [1.165, 1.54) is 12.0 Å². The summed E-state index contributed by atoms with van der Waals surface area (Å²) in [5.74, 6) is 2.62. The number of hydrogen-bond donors (Lipinski definition) is 1. The second-order valence-electron chi connectivity index (χ2n) is 5.22. The third kappa shape index (κ3) is 3.63. The van der Waals surface area contributed by atoms with E-state index < -0.39 is 0 Å². The molecule has 2 atom stereocenters. The molecule has 1 saturated carbocycles. The Bertz CT molecular complexity index is 441. The van der Waals surface area contributed by atoms with Crippen molar-refractivity contribution in [3.05, 3.63) is 29.8 Å². The van der Waals surface area contributed by atoms with Gasteiger partial charge >= 0.3 is 0 Å². The Morgan fingerprint density at radius 3 is 2.53 bits per heavy atom. The van der Waals surface area contributed by atoms with Crippen molar-refractivity contribution < 1.29 is 4.74 Å². The second kappa shape index (κ2) is 5.95. The van der Waals surface area contributed by atoms with Crippen LogP contribution in [-0.2, 0) is 6.54 Å². The summed E-state index contributed by atoms with van der Waals surface area (Å²) in [7, 11) is 5.58. The highest BCUT2D eigenvalue weighted by Crippen LogP contribution is 2.29. The minimum Gasteiger partial charge on any atom is -0.497 e. The Hall–Kier alpha value is -1.71. The van der Waals surface area contributed by atoms with Gasteiger partial charge in [-0.3, -0.25) is 4.99 Å². The van der Waals surface area contributed by atoms with Gasteiger partial charge in [-0.25, -0.2) is 0 Å². The van der Waals surface area contributed by atoms with Crippen molar-refractivity contribution in [2.24, 2.45) is 10.9 Å². The van der Waals surface area contributed by atoms with E-state index in [-0.39, 0.29) is 0 Å². The molecule has 4 heteroatoms. The first kappa shape index (κ1) is 13.7. The predicted octanol–water partition coefficient (Wildman–Crippen LogP) is 2.11. The monoisotopic (exact) mass is 261 g/mol. The van der Waals surface area contributed by atoms with Crippen molar-refractivity contribution >= 4 is 5.96 Å². The number of guanidine groups is 1. The number of aliphatic imine (C=N–C) groups is 1. The molecule has 0 aromatic heterocycles. The molecule has 1 N–H and O–H groups in total. The number of benzene rings is 1. The van der Waals surface area contributed by atoms with E-state index >= 15 is 0 Å². The van der Waals surface area contributed by atoms with Gasteiger partial charge < -0.3 is 15.0 Å². The van der Waals surface area contributed by atoms with Crippen molar-refractivity contribution in [2.45, 2.75) is 25.9 Å². The quantitative estimate of drug-likeness (QED) is 0.666. The normalized spacial score (nSPS) is 22.0. The summed E-state index contributed by atoms with van der Waals surface area (Å²) in [5.41, 5.74) is 1.25. The molecule has 0 aliphatic heterocycles. The molecule has 2 rings (SSSR count). The number of rotatable bonds is 4. The Labute approximate surface area is 115 Å². The van der Waals surface area contributed by atoms with Crippen LogP contribution in [0, 0.1) is 5.92 Å². The van der Waals surface area contributed by atoms with E-state index in [9.17, 15) is 0 Å². The molecule has 0 bridgehead atoms. The predicted molar refractivity (Wildman–Crippen MR) is 78.5 cm³/mol. The van der Waals surface area contributed by atoms with Crippen LogP contribution in [0.4, 0.5) is 0 Å². The van der Waals surface area contributed by atoms with E-state index in [1.807, 2.05) is 19.2 Å². The Kier molecular flexibility index (Phi) is 4.30. The van der Waals surface area contributed by atoms with Crippen LogP contribution >= 0.6 is 0 Å². The van der Waals surface area contributed by atoms with E-state index in [0.717, 1.165) is 24.2 Å². The van der Waals surface area contributed by atoms with Crippen molar-refractivity contribution in [1.29, 1.82) is 0 Å². The van der Waals surface area contributed by atoms with Gasteiger partial charge in [-0.1, -0.05) is 19.1 Å². The van der Waals surface area contributed by atoms with Crippen LogP contribution in [0.15, 0.2) is 29.3 Å². The van der Waals surface area contributed by atoms with E-state index in [0.29, 0.717) is 6.04 Å². The first-order valence-electron chi connectivity index (χ1n) is 6.71. The van der Waals surface area contributed by atoms with Crippen molar-refractivity contribution in [3.63, 3.8) is 0 Å². The van der Waals surface area contributed by atoms with Crippen molar-refractivity contribution in [1.82, 2.24) is 10.2 Å². The molecular weight excluding hydrogens is 238 g/mol. The van der Waals surface area contributed by atoms with Crippen molar-refractivity contribution in [2.75, 3.05) is 21.2 Å². The van der Waals surface area contributed by atoms with Gasteiger partial charge in [0, 0.05) is 26.7 Å². The summed E-state index contributed by atoms with van der Waals surface area (Å²) in [6.07, 6.45) is 1.25. The van der Waals surface area contributed by atoms with Crippen LogP contribution < -0.4 is 10.1 Å². The van der Waals surface area contributed by atoms with Gasteiger partial charge in [-0.15, -0.1) is 0 Å². The van der Waals surface area contributed by atoms with Gasteiger partial charge in [0.15, 0.2) is 5.96 Å². The van der Waals surface area contributed by atoms with Gasteiger partial charge in [0.05, 0.1) is 7.11 Å². The Morgan fingerprint density at radius 1 is 1.42 bits per heavy atom. The van der Waals surface area contributed by atoms with Gasteiger partial charge in [-0.05, 0) is 30.0 Å². The fourth-order valence-electron chi connectivity index (χ4n) is 2.11. The molecule has 0 amide bonds. The SMILES string of the molecule is CN=C(NC1CC1C)N(C)Cc1ccc(OC)cc1. The molecule has 1 aliphatic carbocycles. The van der Waals surface area contributed by atoms with Gasteiger partial charge in [0.25, 0.3) is 0 Å². The summed E-state index contributed by atoms with van der Waals surface area (Å²) >= 11 is 0. The number of nitrogens with one attached hydrogen (secondary N) is 1. The fourth-order valence-corrected chi connectivity index (χ4v) is 2.11. The lowest BCUT2D eigenvalue weighted by atomic mass is 10.2. The van der Waals surface area contributed by atoms with Crippen molar-refractivity contribution in [3.8, 4) is 5.75 Å². The minimum atomic E-state index is 0.594. The van der Waals surface area contributed by atoms with Crippen LogP contribution in [0.1, 0.15) is 18.9 Å². The fraction of sp³-hybridized carbons (Fsp3) is 0.533. The zero-order chi connectivity index (χ0) is 13.8. The first-order valence-corrected chi connectivity index (χ1v) is 6.71. The maximum atomic E-state index is 5.17. The standard InChI is InChI=1S/C15H23N3O/c1-11-9-14(11)17-15(16-2)18(3)10-12-5-7-13(19-4)8-6-12/h5-8,11,14H,9-10H2,1-4H3,(H,16,17). The lowest BCUT2D eigenvalue weighted by Gasteiger charge is -2.22. The zero-order valence-electron chi connectivity index (χ0n) is 12.2.